The Kier molecular flexibility index (Phi) is 6.92. The van der Waals surface area contributed by atoms with Gasteiger partial charge in [0.25, 0.3) is 10.0 Å². The van der Waals surface area contributed by atoms with Gasteiger partial charge >= 0.3 is 5.97 Å². The van der Waals surface area contributed by atoms with E-state index in [2.05, 4.69) is 0 Å². The number of rotatable bonds is 8. The van der Waals surface area contributed by atoms with Crippen molar-refractivity contribution in [1.82, 2.24) is 4.31 Å². The minimum Gasteiger partial charge on any atom is -0.469 e. The maximum absolute atomic E-state index is 13.3. The zero-order valence-corrected chi connectivity index (χ0v) is 18.1. The molecule has 0 aromatic heterocycles. The molecule has 160 valence electrons. The molecule has 2 unspecified atom stereocenters. The summed E-state index contributed by atoms with van der Waals surface area (Å²) in [5.41, 5.74) is 2.10. The first-order chi connectivity index (χ1) is 14.3. The number of methoxy groups -OCH3 is 1. The Morgan fingerprint density at radius 3 is 2.40 bits per heavy atom. The molecular weight excluding hydrogens is 402 g/mol. The van der Waals surface area contributed by atoms with Crippen LogP contribution in [0.25, 0.3) is 0 Å². The highest BCUT2D eigenvalue weighted by atomic mass is 32.2. The Labute approximate surface area is 177 Å². The van der Waals surface area contributed by atoms with Gasteiger partial charge in [-0.15, -0.1) is 0 Å². The molecule has 1 aliphatic rings. The van der Waals surface area contributed by atoms with E-state index in [0.717, 1.165) is 22.7 Å². The van der Waals surface area contributed by atoms with E-state index in [4.69, 9.17) is 4.74 Å². The van der Waals surface area contributed by atoms with E-state index in [1.165, 1.54) is 24.8 Å². The van der Waals surface area contributed by atoms with Gasteiger partial charge in [-0.25, -0.2) is 12.7 Å². The maximum atomic E-state index is 13.3. The van der Waals surface area contributed by atoms with E-state index in [1.807, 2.05) is 37.3 Å². The van der Waals surface area contributed by atoms with Crippen molar-refractivity contribution in [3.63, 3.8) is 0 Å². The van der Waals surface area contributed by atoms with Gasteiger partial charge in [0, 0.05) is 6.04 Å². The van der Waals surface area contributed by atoms with Gasteiger partial charge in [0.2, 0.25) is 5.91 Å². The van der Waals surface area contributed by atoms with Gasteiger partial charge in [0.05, 0.1) is 24.3 Å². The third-order valence-electron chi connectivity index (χ3n) is 5.52. The van der Waals surface area contributed by atoms with Crippen molar-refractivity contribution in [3.05, 3.63) is 65.7 Å². The van der Waals surface area contributed by atoms with Crippen LogP contribution < -0.4 is 0 Å². The second kappa shape index (κ2) is 9.43. The number of amides is 1. The Morgan fingerprint density at radius 2 is 1.77 bits per heavy atom. The molecule has 0 aliphatic carbocycles. The van der Waals surface area contributed by atoms with Crippen molar-refractivity contribution in [2.24, 2.45) is 5.92 Å². The van der Waals surface area contributed by atoms with Gasteiger partial charge in [-0.1, -0.05) is 48.0 Å². The second-order valence-electron chi connectivity index (χ2n) is 7.70. The molecule has 1 fully saturated rings. The third kappa shape index (κ3) is 4.90. The zero-order valence-electron chi connectivity index (χ0n) is 17.3. The standard InChI is InChI=1S/C23H27NO5S/c1-17-11-13-21(14-12-17)30(27,28)24-20(10-6-9-18-7-4-3-5-8-18)15-19(23(24)26)16-22(25)29-2/h3-5,7-8,11-14,19-20H,6,9-10,15-16H2,1-2H3. The number of sulfonamides is 1. The highest BCUT2D eigenvalue weighted by Gasteiger charge is 2.46. The minimum atomic E-state index is -3.99. The summed E-state index contributed by atoms with van der Waals surface area (Å²) < 4.78 is 32.3. The predicted octanol–water partition coefficient (Wildman–Crippen LogP) is 3.49. The molecule has 0 radical (unpaired) electrons. The van der Waals surface area contributed by atoms with Crippen molar-refractivity contribution in [2.45, 2.75) is 50.0 Å². The van der Waals surface area contributed by atoms with Crippen LogP contribution in [0.1, 0.15) is 36.8 Å². The maximum Gasteiger partial charge on any atom is 0.306 e. The lowest BCUT2D eigenvalue weighted by molar-refractivity contribution is -0.144. The van der Waals surface area contributed by atoms with Gasteiger partial charge in [-0.05, 0) is 50.3 Å². The zero-order chi connectivity index (χ0) is 21.7. The Hall–Kier alpha value is -2.67. The molecule has 0 saturated carbocycles. The van der Waals surface area contributed by atoms with Crippen LogP contribution in [0.15, 0.2) is 59.5 Å². The SMILES string of the molecule is COC(=O)CC1CC(CCCc2ccccc2)N(S(=O)(=O)c2ccc(C)cc2)C1=O. The molecule has 2 atom stereocenters. The normalized spacial score (nSPS) is 19.1. The van der Waals surface area contributed by atoms with E-state index < -0.39 is 33.9 Å². The molecule has 6 nitrogen and oxygen atoms in total. The molecule has 30 heavy (non-hydrogen) atoms. The average molecular weight is 430 g/mol. The first-order valence-electron chi connectivity index (χ1n) is 10.1. The molecule has 1 amide bonds. The van der Waals surface area contributed by atoms with E-state index in [-0.39, 0.29) is 11.3 Å². The van der Waals surface area contributed by atoms with Crippen LogP contribution in [0.3, 0.4) is 0 Å². The van der Waals surface area contributed by atoms with E-state index >= 15 is 0 Å². The van der Waals surface area contributed by atoms with Crippen LogP contribution in [0.2, 0.25) is 0 Å². The van der Waals surface area contributed by atoms with Crippen LogP contribution >= 0.6 is 0 Å². The quantitative estimate of drug-likeness (QED) is 0.600. The van der Waals surface area contributed by atoms with Crippen molar-refractivity contribution >= 4 is 21.9 Å². The van der Waals surface area contributed by atoms with Gasteiger partial charge in [0.1, 0.15) is 0 Å². The van der Waals surface area contributed by atoms with E-state index in [0.29, 0.717) is 12.8 Å². The summed E-state index contributed by atoms with van der Waals surface area (Å²) in [4.78, 5) is 24.9. The number of nitrogens with zero attached hydrogens (tertiary/aromatic N) is 1. The largest absolute Gasteiger partial charge is 0.469 e. The van der Waals surface area contributed by atoms with Crippen molar-refractivity contribution < 1.29 is 22.7 Å². The Morgan fingerprint density at radius 1 is 1.10 bits per heavy atom. The molecule has 0 bridgehead atoms. The summed E-state index contributed by atoms with van der Waals surface area (Å²) in [7, 11) is -2.73. The number of esters is 1. The predicted molar refractivity (Wildman–Crippen MR) is 113 cm³/mol. The lowest BCUT2D eigenvalue weighted by Crippen LogP contribution is -2.39. The first kappa shape index (κ1) is 22.0. The van der Waals surface area contributed by atoms with Gasteiger partial charge < -0.3 is 4.74 Å². The molecular formula is C23H27NO5S. The monoisotopic (exact) mass is 429 g/mol. The van der Waals surface area contributed by atoms with Crippen molar-refractivity contribution in [1.29, 1.82) is 0 Å². The summed E-state index contributed by atoms with van der Waals surface area (Å²) in [5.74, 6) is -1.71. The molecule has 1 saturated heterocycles. The van der Waals surface area contributed by atoms with Crippen molar-refractivity contribution in [3.8, 4) is 0 Å². The summed E-state index contributed by atoms with van der Waals surface area (Å²) >= 11 is 0. The van der Waals surface area contributed by atoms with Crippen molar-refractivity contribution in [2.75, 3.05) is 7.11 Å². The van der Waals surface area contributed by atoms with E-state index in [9.17, 15) is 18.0 Å². The van der Waals surface area contributed by atoms with Gasteiger partial charge in [-0.2, -0.15) is 0 Å². The summed E-state index contributed by atoms with van der Waals surface area (Å²) in [6.45, 7) is 1.87. The molecule has 2 aromatic carbocycles. The third-order valence-corrected chi connectivity index (χ3v) is 7.38. The lowest BCUT2D eigenvalue weighted by Gasteiger charge is -2.24. The molecule has 1 aliphatic heterocycles. The lowest BCUT2D eigenvalue weighted by atomic mass is 9.98. The minimum absolute atomic E-state index is 0.0910. The first-order valence-corrected chi connectivity index (χ1v) is 11.5. The van der Waals surface area contributed by atoms with Gasteiger partial charge in [-0.3, -0.25) is 9.59 Å². The van der Waals surface area contributed by atoms with Crippen LogP contribution in [-0.4, -0.2) is 37.8 Å². The fourth-order valence-electron chi connectivity index (χ4n) is 3.90. The van der Waals surface area contributed by atoms with Crippen LogP contribution in [0.4, 0.5) is 0 Å². The van der Waals surface area contributed by atoms with Crippen LogP contribution in [0, 0.1) is 12.8 Å². The molecule has 0 N–H and O–H groups in total. The fourth-order valence-corrected chi connectivity index (χ4v) is 5.58. The molecule has 2 aromatic rings. The van der Waals surface area contributed by atoms with Gasteiger partial charge in [0.15, 0.2) is 0 Å². The Balaban J connectivity index is 1.82. The smallest absolute Gasteiger partial charge is 0.306 e. The number of carbonyl (C=O) groups excluding carboxylic acids is 2. The van der Waals surface area contributed by atoms with Crippen LogP contribution in [0.5, 0.6) is 0 Å². The fraction of sp³-hybridized carbons (Fsp3) is 0.391. The van der Waals surface area contributed by atoms with Crippen LogP contribution in [-0.2, 0) is 30.8 Å². The highest BCUT2D eigenvalue weighted by molar-refractivity contribution is 7.89. The number of carbonyl (C=O) groups is 2. The molecule has 3 rings (SSSR count). The molecule has 0 spiro atoms. The number of ether oxygens (including phenoxy) is 1. The second-order valence-corrected chi connectivity index (χ2v) is 9.51. The highest BCUT2D eigenvalue weighted by Crippen LogP contribution is 2.35. The molecule has 1 heterocycles. The summed E-state index contributed by atoms with van der Waals surface area (Å²) in [5, 5.41) is 0. The summed E-state index contributed by atoms with van der Waals surface area (Å²) in [6, 6.07) is 15.9. The number of hydrogen-bond donors (Lipinski definition) is 0. The topological polar surface area (TPSA) is 80.8 Å². The Bertz CT molecular complexity index is 986. The number of benzene rings is 2. The van der Waals surface area contributed by atoms with E-state index in [1.54, 1.807) is 12.1 Å². The molecule has 7 heteroatoms. The summed E-state index contributed by atoms with van der Waals surface area (Å²) in [6.07, 6.45) is 2.31. The number of aryl methyl sites for hydroxylation is 2. The average Bonchev–Trinajstić information content (AvgIpc) is 3.04. The number of hydrogen-bond acceptors (Lipinski definition) is 5.